The highest BCUT2D eigenvalue weighted by molar-refractivity contribution is 5.85. The fourth-order valence-corrected chi connectivity index (χ4v) is 2.18. The molecule has 0 heterocycles. The molecule has 4 nitrogen and oxygen atoms in total. The van der Waals surface area contributed by atoms with E-state index in [4.69, 9.17) is 11.5 Å². The molecule has 2 amide bonds. The van der Waals surface area contributed by atoms with E-state index in [1.54, 1.807) is 0 Å². The summed E-state index contributed by atoms with van der Waals surface area (Å²) < 4.78 is 0. The van der Waals surface area contributed by atoms with Gasteiger partial charge in [-0.3, -0.25) is 9.59 Å². The predicted molar refractivity (Wildman–Crippen MR) is 82.9 cm³/mol. The minimum atomic E-state index is -0.360. The van der Waals surface area contributed by atoms with Crippen molar-refractivity contribution >= 4 is 11.8 Å². The molecule has 0 atom stereocenters. The van der Waals surface area contributed by atoms with Crippen molar-refractivity contribution in [1.29, 1.82) is 0 Å². The Bertz CT molecular complexity index is 288. The van der Waals surface area contributed by atoms with Gasteiger partial charge in [-0.25, -0.2) is 0 Å². The number of hydrogen-bond donors (Lipinski definition) is 2. The van der Waals surface area contributed by atoms with Gasteiger partial charge in [0.1, 0.15) is 0 Å². The van der Waals surface area contributed by atoms with E-state index in [0.717, 1.165) is 25.7 Å². The van der Waals surface area contributed by atoms with Crippen molar-refractivity contribution < 1.29 is 9.59 Å². The molecule has 4 heteroatoms. The Balaban J connectivity index is 3.06. The van der Waals surface area contributed by atoms with Gasteiger partial charge in [-0.1, -0.05) is 57.4 Å². The zero-order valence-electron chi connectivity index (χ0n) is 12.6. The second-order valence-corrected chi connectivity index (χ2v) is 5.35. The molecule has 0 radical (unpaired) electrons. The third-order valence-electron chi connectivity index (χ3n) is 3.33. The van der Waals surface area contributed by atoms with Crippen molar-refractivity contribution in [2.24, 2.45) is 11.5 Å². The lowest BCUT2D eigenvalue weighted by Gasteiger charge is -2.02. The van der Waals surface area contributed by atoms with Crippen LogP contribution >= 0.6 is 0 Å². The lowest BCUT2D eigenvalue weighted by Crippen LogP contribution is -2.09. The van der Waals surface area contributed by atoms with E-state index in [-0.39, 0.29) is 11.8 Å². The highest BCUT2D eigenvalue weighted by atomic mass is 16.1. The van der Waals surface area contributed by atoms with Crippen LogP contribution in [-0.2, 0) is 9.59 Å². The summed E-state index contributed by atoms with van der Waals surface area (Å²) in [5.74, 6) is -0.545. The molecule has 116 valence electrons. The van der Waals surface area contributed by atoms with Gasteiger partial charge in [-0.15, -0.1) is 0 Å². The first kappa shape index (κ1) is 18.7. The number of allylic oxidation sites excluding steroid dienone is 1. The van der Waals surface area contributed by atoms with Gasteiger partial charge in [0, 0.05) is 6.42 Å². The van der Waals surface area contributed by atoms with Crippen LogP contribution in [0.3, 0.4) is 0 Å². The number of nitrogens with two attached hydrogens (primary N) is 2. The minimum Gasteiger partial charge on any atom is -0.370 e. The van der Waals surface area contributed by atoms with Crippen molar-refractivity contribution in [1.82, 2.24) is 0 Å². The van der Waals surface area contributed by atoms with E-state index in [1.807, 2.05) is 6.08 Å². The second-order valence-electron chi connectivity index (χ2n) is 5.35. The molecule has 0 bridgehead atoms. The summed E-state index contributed by atoms with van der Waals surface area (Å²) in [7, 11) is 0. The highest BCUT2D eigenvalue weighted by Crippen LogP contribution is 2.11. The number of carbonyl (C=O) groups is 2. The summed E-state index contributed by atoms with van der Waals surface area (Å²) in [5.41, 5.74) is 10.1. The van der Waals surface area contributed by atoms with Crippen LogP contribution in [0.4, 0.5) is 0 Å². The predicted octanol–water partition coefficient (Wildman–Crippen LogP) is 3.19. The Morgan fingerprint density at radius 3 is 1.60 bits per heavy atom. The normalized spacial score (nSPS) is 11.0. The fourth-order valence-electron chi connectivity index (χ4n) is 2.18. The summed E-state index contributed by atoms with van der Waals surface area (Å²) in [4.78, 5) is 21.0. The number of rotatable bonds is 14. The third-order valence-corrected chi connectivity index (χ3v) is 3.33. The van der Waals surface area contributed by atoms with E-state index in [1.165, 1.54) is 51.0 Å². The molecule has 4 N–H and O–H groups in total. The van der Waals surface area contributed by atoms with Crippen molar-refractivity contribution in [3.8, 4) is 0 Å². The molecular weight excluding hydrogens is 252 g/mol. The Morgan fingerprint density at radius 2 is 1.15 bits per heavy atom. The number of amides is 2. The monoisotopic (exact) mass is 282 g/mol. The van der Waals surface area contributed by atoms with Gasteiger partial charge in [0.25, 0.3) is 0 Å². The number of carbonyl (C=O) groups excluding carboxylic acids is 2. The highest BCUT2D eigenvalue weighted by Gasteiger charge is 1.95. The number of primary amides is 2. The molecule has 0 saturated carbocycles. The van der Waals surface area contributed by atoms with Crippen LogP contribution in [-0.4, -0.2) is 11.8 Å². The van der Waals surface area contributed by atoms with Gasteiger partial charge < -0.3 is 11.5 Å². The van der Waals surface area contributed by atoms with E-state index >= 15 is 0 Å². The van der Waals surface area contributed by atoms with Crippen LogP contribution in [0.2, 0.25) is 0 Å². The van der Waals surface area contributed by atoms with Gasteiger partial charge >= 0.3 is 0 Å². The van der Waals surface area contributed by atoms with E-state index in [9.17, 15) is 9.59 Å². The molecule has 0 aromatic carbocycles. The molecule has 0 aromatic rings. The maximum absolute atomic E-state index is 10.5. The Kier molecular flexibility index (Phi) is 13.2. The van der Waals surface area contributed by atoms with E-state index < -0.39 is 0 Å². The van der Waals surface area contributed by atoms with Crippen LogP contribution in [0.1, 0.15) is 77.0 Å². The first-order valence-corrected chi connectivity index (χ1v) is 7.87. The average molecular weight is 282 g/mol. The third kappa shape index (κ3) is 16.7. The summed E-state index contributed by atoms with van der Waals surface area (Å²) in [6.07, 6.45) is 16.8. The zero-order chi connectivity index (χ0) is 15.1. The average Bonchev–Trinajstić information content (AvgIpc) is 2.38. The molecule has 0 aliphatic rings. The maximum Gasteiger partial charge on any atom is 0.241 e. The second kappa shape index (κ2) is 14.1. The Labute approximate surface area is 123 Å². The quantitative estimate of drug-likeness (QED) is 0.378. The van der Waals surface area contributed by atoms with Crippen LogP contribution in [0.25, 0.3) is 0 Å². The van der Waals surface area contributed by atoms with Crippen LogP contribution in [0.5, 0.6) is 0 Å². The minimum absolute atomic E-state index is 0.185. The van der Waals surface area contributed by atoms with Crippen molar-refractivity contribution in [3.63, 3.8) is 0 Å². The SMILES string of the molecule is NC(=O)C=CCCCCCCCCCCCCC(N)=O. The molecule has 0 rings (SSSR count). The summed E-state index contributed by atoms with van der Waals surface area (Å²) in [6, 6.07) is 0. The van der Waals surface area contributed by atoms with Gasteiger partial charge in [0.05, 0.1) is 0 Å². The molecule has 20 heavy (non-hydrogen) atoms. The van der Waals surface area contributed by atoms with Crippen molar-refractivity contribution in [3.05, 3.63) is 12.2 Å². The Hall–Kier alpha value is -1.32. The molecule has 0 saturated heterocycles. The number of hydrogen-bond acceptors (Lipinski definition) is 2. The summed E-state index contributed by atoms with van der Waals surface area (Å²) >= 11 is 0. The first-order valence-electron chi connectivity index (χ1n) is 7.87. The maximum atomic E-state index is 10.5. The van der Waals surface area contributed by atoms with Crippen molar-refractivity contribution in [2.45, 2.75) is 77.0 Å². The zero-order valence-corrected chi connectivity index (χ0v) is 12.6. The number of unbranched alkanes of at least 4 members (excludes halogenated alkanes) is 10. The molecule has 0 unspecified atom stereocenters. The molecule has 0 aromatic heterocycles. The van der Waals surface area contributed by atoms with Crippen LogP contribution < -0.4 is 11.5 Å². The van der Waals surface area contributed by atoms with Gasteiger partial charge in [0.2, 0.25) is 11.8 Å². The van der Waals surface area contributed by atoms with Crippen molar-refractivity contribution in [2.75, 3.05) is 0 Å². The molecule has 0 spiro atoms. The topological polar surface area (TPSA) is 86.2 Å². The molecule has 0 aliphatic carbocycles. The first-order chi connectivity index (χ1) is 9.63. The van der Waals surface area contributed by atoms with Crippen LogP contribution in [0.15, 0.2) is 12.2 Å². The lowest BCUT2D eigenvalue weighted by atomic mass is 10.1. The van der Waals surface area contributed by atoms with E-state index in [2.05, 4.69) is 0 Å². The smallest absolute Gasteiger partial charge is 0.241 e. The Morgan fingerprint density at radius 1 is 0.700 bits per heavy atom. The summed E-state index contributed by atoms with van der Waals surface area (Å²) in [6.45, 7) is 0. The fraction of sp³-hybridized carbons (Fsp3) is 0.750. The molecule has 0 aliphatic heterocycles. The van der Waals surface area contributed by atoms with E-state index in [0.29, 0.717) is 6.42 Å². The van der Waals surface area contributed by atoms with Gasteiger partial charge in [0.15, 0.2) is 0 Å². The molecular formula is C16H30N2O2. The van der Waals surface area contributed by atoms with Gasteiger partial charge in [-0.2, -0.15) is 0 Å². The standard InChI is InChI=1S/C16H30N2O2/c17-15(19)13-11-9-7-5-3-1-2-4-6-8-10-12-14-16(18)20/h11,13H,1-10,12,14H2,(H2,17,19)(H2,18,20). The van der Waals surface area contributed by atoms with Gasteiger partial charge in [-0.05, 0) is 25.3 Å². The van der Waals surface area contributed by atoms with Crippen LogP contribution in [0, 0.1) is 0 Å². The summed E-state index contributed by atoms with van der Waals surface area (Å²) in [5, 5.41) is 0. The largest absolute Gasteiger partial charge is 0.370 e. The molecule has 0 fully saturated rings. The lowest BCUT2D eigenvalue weighted by molar-refractivity contribution is -0.118.